The van der Waals surface area contributed by atoms with E-state index in [2.05, 4.69) is 4.98 Å². The highest BCUT2D eigenvalue weighted by molar-refractivity contribution is 7.89. The maximum absolute atomic E-state index is 14.2. The Morgan fingerprint density at radius 2 is 1.89 bits per heavy atom. The Bertz CT molecular complexity index is 1100. The lowest BCUT2D eigenvalue weighted by Gasteiger charge is -2.09. The average molecular weight is 388 g/mol. The number of pyridine rings is 1. The standard InChI is InChI=1S/C19H17FN2O4S/c20-17-10-13(9-16(23)12-27(21,24)25)5-8-19(17)26-11-15-7-6-14-3-1-2-4-18(14)22-15/h1-8,10H,9,11-12H2,(H2,21,24,25). The monoisotopic (exact) mass is 388 g/mol. The number of carbonyl (C=O) groups is 1. The van der Waals surface area contributed by atoms with Crippen molar-refractivity contribution in [2.45, 2.75) is 13.0 Å². The summed E-state index contributed by atoms with van der Waals surface area (Å²) < 4.78 is 41.5. The smallest absolute Gasteiger partial charge is 0.216 e. The van der Waals surface area contributed by atoms with Crippen LogP contribution in [0.4, 0.5) is 4.39 Å². The van der Waals surface area contributed by atoms with Crippen molar-refractivity contribution in [3.63, 3.8) is 0 Å². The Morgan fingerprint density at radius 3 is 2.63 bits per heavy atom. The van der Waals surface area contributed by atoms with Crippen LogP contribution in [0.15, 0.2) is 54.6 Å². The molecule has 0 amide bonds. The second-order valence-corrected chi connectivity index (χ2v) is 7.69. The molecule has 1 heterocycles. The van der Waals surface area contributed by atoms with Crippen molar-refractivity contribution in [1.82, 2.24) is 4.98 Å². The number of sulfonamides is 1. The fourth-order valence-electron chi connectivity index (χ4n) is 2.61. The van der Waals surface area contributed by atoms with Crippen LogP contribution < -0.4 is 9.88 Å². The van der Waals surface area contributed by atoms with Crippen molar-refractivity contribution in [3.05, 3.63) is 71.7 Å². The molecular formula is C19H17FN2O4S. The van der Waals surface area contributed by atoms with Gasteiger partial charge in [0.2, 0.25) is 10.0 Å². The van der Waals surface area contributed by atoms with Crippen molar-refractivity contribution in [1.29, 1.82) is 0 Å². The van der Waals surface area contributed by atoms with Crippen LogP contribution in [0.25, 0.3) is 10.9 Å². The molecule has 6 nitrogen and oxygen atoms in total. The first-order valence-electron chi connectivity index (χ1n) is 8.08. The van der Waals surface area contributed by atoms with Gasteiger partial charge in [0.1, 0.15) is 12.4 Å². The van der Waals surface area contributed by atoms with E-state index in [9.17, 15) is 17.6 Å². The zero-order chi connectivity index (χ0) is 19.4. The second kappa shape index (κ2) is 7.81. The SMILES string of the molecule is NS(=O)(=O)CC(=O)Cc1ccc(OCc2ccc3ccccc3n2)c(F)c1. The van der Waals surface area contributed by atoms with E-state index in [1.807, 2.05) is 30.3 Å². The van der Waals surface area contributed by atoms with Crippen LogP contribution >= 0.6 is 0 Å². The highest BCUT2D eigenvalue weighted by Gasteiger charge is 2.14. The largest absolute Gasteiger partial charge is 0.484 e. The van der Waals surface area contributed by atoms with E-state index < -0.39 is 27.4 Å². The number of halogens is 1. The fraction of sp³-hybridized carbons (Fsp3) is 0.158. The van der Waals surface area contributed by atoms with Gasteiger partial charge in [-0.2, -0.15) is 0 Å². The van der Waals surface area contributed by atoms with E-state index in [1.165, 1.54) is 12.1 Å². The molecule has 2 aromatic carbocycles. The van der Waals surface area contributed by atoms with Gasteiger partial charge in [0.25, 0.3) is 0 Å². The molecular weight excluding hydrogens is 371 g/mol. The molecule has 0 unspecified atom stereocenters. The van der Waals surface area contributed by atoms with Crippen molar-refractivity contribution in [2.75, 3.05) is 5.75 Å². The number of aromatic nitrogens is 1. The summed E-state index contributed by atoms with van der Waals surface area (Å²) in [6, 6.07) is 15.4. The number of nitrogens with two attached hydrogens (primary N) is 1. The highest BCUT2D eigenvalue weighted by Crippen LogP contribution is 2.20. The van der Waals surface area contributed by atoms with Crippen LogP contribution in [-0.4, -0.2) is 24.9 Å². The number of rotatable bonds is 7. The zero-order valence-corrected chi connectivity index (χ0v) is 15.1. The third kappa shape index (κ3) is 5.32. The minimum atomic E-state index is -3.89. The normalized spacial score (nSPS) is 11.5. The van der Waals surface area contributed by atoms with E-state index in [0.29, 0.717) is 11.3 Å². The van der Waals surface area contributed by atoms with Crippen LogP contribution in [-0.2, 0) is 27.8 Å². The first-order chi connectivity index (χ1) is 12.8. The number of hydrogen-bond acceptors (Lipinski definition) is 5. The molecule has 8 heteroatoms. The lowest BCUT2D eigenvalue weighted by molar-refractivity contribution is -0.116. The minimum absolute atomic E-state index is 0.0209. The Kier molecular flexibility index (Phi) is 5.48. The van der Waals surface area contributed by atoms with Gasteiger partial charge < -0.3 is 4.74 Å². The topological polar surface area (TPSA) is 99.4 Å². The Hall–Kier alpha value is -2.84. The van der Waals surface area contributed by atoms with Gasteiger partial charge in [0.05, 0.1) is 11.2 Å². The summed E-state index contributed by atoms with van der Waals surface area (Å²) in [5, 5.41) is 5.83. The van der Waals surface area contributed by atoms with Crippen LogP contribution in [0, 0.1) is 5.82 Å². The third-order valence-electron chi connectivity index (χ3n) is 3.79. The number of ether oxygens (including phenoxy) is 1. The lowest BCUT2D eigenvalue weighted by atomic mass is 10.1. The number of Topliss-reactive ketones (excluding diaryl/α,β-unsaturated/α-hetero) is 1. The van der Waals surface area contributed by atoms with Crippen LogP contribution in [0.3, 0.4) is 0 Å². The Morgan fingerprint density at radius 1 is 1.11 bits per heavy atom. The number of ketones is 1. The number of benzene rings is 2. The van der Waals surface area contributed by atoms with Gasteiger partial charge in [-0.1, -0.05) is 30.3 Å². The van der Waals surface area contributed by atoms with Gasteiger partial charge in [-0.15, -0.1) is 0 Å². The Labute approximate surface area is 155 Å². The summed E-state index contributed by atoms with van der Waals surface area (Å²) in [6.07, 6.45) is -0.222. The van der Waals surface area contributed by atoms with Gasteiger partial charge in [0.15, 0.2) is 17.3 Å². The minimum Gasteiger partial charge on any atom is -0.484 e. The number of fused-ring (bicyclic) bond motifs is 1. The van der Waals surface area contributed by atoms with Crippen LogP contribution in [0.2, 0.25) is 0 Å². The summed E-state index contributed by atoms with van der Waals surface area (Å²) in [5.74, 6) is -2.00. The number of carbonyl (C=O) groups excluding carboxylic acids is 1. The summed E-state index contributed by atoms with van der Waals surface area (Å²) in [4.78, 5) is 16.1. The summed E-state index contributed by atoms with van der Waals surface area (Å²) in [6.45, 7) is 0.0887. The van der Waals surface area contributed by atoms with E-state index in [0.717, 1.165) is 17.0 Å². The van der Waals surface area contributed by atoms with E-state index >= 15 is 0 Å². The molecule has 3 rings (SSSR count). The number of hydrogen-bond donors (Lipinski definition) is 1. The molecule has 0 bridgehead atoms. The molecule has 0 aliphatic heterocycles. The molecule has 27 heavy (non-hydrogen) atoms. The van der Waals surface area contributed by atoms with Gasteiger partial charge in [-0.05, 0) is 29.8 Å². The number of primary sulfonamides is 1. The Balaban J connectivity index is 1.66. The molecule has 0 fully saturated rings. The lowest BCUT2D eigenvalue weighted by Crippen LogP contribution is -2.24. The molecule has 0 saturated carbocycles. The molecule has 0 radical (unpaired) electrons. The predicted molar refractivity (Wildman–Crippen MR) is 99.2 cm³/mol. The maximum Gasteiger partial charge on any atom is 0.216 e. The van der Waals surface area contributed by atoms with Gasteiger partial charge in [-0.3, -0.25) is 4.79 Å². The predicted octanol–water partition coefficient (Wildman–Crippen LogP) is 2.35. The molecule has 0 saturated heterocycles. The summed E-state index contributed by atoms with van der Waals surface area (Å²) in [5.41, 5.74) is 1.82. The van der Waals surface area contributed by atoms with E-state index in [4.69, 9.17) is 9.88 Å². The quantitative estimate of drug-likeness (QED) is 0.670. The molecule has 0 atom stereocenters. The van der Waals surface area contributed by atoms with Gasteiger partial charge in [-0.25, -0.2) is 22.9 Å². The molecule has 0 spiro atoms. The fourth-order valence-corrected chi connectivity index (χ4v) is 3.17. The summed E-state index contributed by atoms with van der Waals surface area (Å²) >= 11 is 0. The molecule has 2 N–H and O–H groups in total. The first kappa shape index (κ1) is 18.9. The van der Waals surface area contributed by atoms with E-state index in [1.54, 1.807) is 6.07 Å². The van der Waals surface area contributed by atoms with Crippen molar-refractivity contribution < 1.29 is 22.3 Å². The molecule has 0 aliphatic rings. The number of nitrogens with zero attached hydrogens (tertiary/aromatic N) is 1. The van der Waals surface area contributed by atoms with Crippen molar-refractivity contribution in [2.24, 2.45) is 5.14 Å². The highest BCUT2D eigenvalue weighted by atomic mass is 32.2. The van der Waals surface area contributed by atoms with Crippen LogP contribution in [0.5, 0.6) is 5.75 Å². The second-order valence-electron chi connectivity index (χ2n) is 6.07. The molecule has 140 valence electrons. The van der Waals surface area contributed by atoms with E-state index in [-0.39, 0.29) is 18.8 Å². The zero-order valence-electron chi connectivity index (χ0n) is 14.3. The van der Waals surface area contributed by atoms with Crippen LogP contribution in [0.1, 0.15) is 11.3 Å². The van der Waals surface area contributed by atoms with Crippen molar-refractivity contribution >= 4 is 26.7 Å². The van der Waals surface area contributed by atoms with Crippen molar-refractivity contribution in [3.8, 4) is 5.75 Å². The molecule has 3 aromatic rings. The number of para-hydroxylation sites is 1. The first-order valence-corrected chi connectivity index (χ1v) is 9.80. The van der Waals surface area contributed by atoms with Gasteiger partial charge in [0, 0.05) is 11.8 Å². The maximum atomic E-state index is 14.2. The average Bonchev–Trinajstić information content (AvgIpc) is 2.59. The summed E-state index contributed by atoms with van der Waals surface area (Å²) in [7, 11) is -3.89. The molecule has 0 aliphatic carbocycles. The third-order valence-corrected chi connectivity index (χ3v) is 4.52. The molecule has 1 aromatic heterocycles. The van der Waals surface area contributed by atoms with Gasteiger partial charge >= 0.3 is 0 Å².